The highest BCUT2D eigenvalue weighted by atomic mass is 35.5. The van der Waals surface area contributed by atoms with Crippen molar-refractivity contribution in [2.75, 3.05) is 38.7 Å². The first-order chi connectivity index (χ1) is 12.1. The highest BCUT2D eigenvalue weighted by molar-refractivity contribution is 6.30. The first-order valence-electron chi connectivity index (χ1n) is 8.16. The van der Waals surface area contributed by atoms with E-state index in [4.69, 9.17) is 21.1 Å². The lowest BCUT2D eigenvalue weighted by atomic mass is 10.3. The largest absolute Gasteiger partial charge is 0.495 e. The maximum atomic E-state index is 12.3. The Bertz CT molecular complexity index is 677. The molecule has 1 N–H and O–H groups in total. The van der Waals surface area contributed by atoms with Crippen LogP contribution in [-0.4, -0.2) is 44.2 Å². The number of hydrogen-bond acceptors (Lipinski definition) is 4. The second-order valence-corrected chi connectivity index (χ2v) is 5.86. The Morgan fingerprint density at radius 1 is 1.16 bits per heavy atom. The van der Waals surface area contributed by atoms with Gasteiger partial charge in [0, 0.05) is 11.6 Å². The van der Waals surface area contributed by atoms with Crippen LogP contribution in [0.3, 0.4) is 0 Å². The number of para-hydroxylation sites is 2. The maximum Gasteiger partial charge on any atom is 0.238 e. The van der Waals surface area contributed by atoms with E-state index in [2.05, 4.69) is 5.32 Å². The van der Waals surface area contributed by atoms with Crippen LogP contribution in [0.2, 0.25) is 5.02 Å². The molecule has 0 saturated carbocycles. The number of halogens is 1. The third kappa shape index (κ3) is 6.29. The van der Waals surface area contributed by atoms with Crippen LogP contribution in [0.15, 0.2) is 48.5 Å². The fourth-order valence-corrected chi connectivity index (χ4v) is 2.44. The van der Waals surface area contributed by atoms with Gasteiger partial charge in [0.2, 0.25) is 5.91 Å². The van der Waals surface area contributed by atoms with E-state index < -0.39 is 0 Å². The molecule has 2 aromatic rings. The molecule has 134 valence electrons. The van der Waals surface area contributed by atoms with E-state index >= 15 is 0 Å². The van der Waals surface area contributed by atoms with Crippen LogP contribution in [0.1, 0.15) is 6.92 Å². The van der Waals surface area contributed by atoms with Crippen LogP contribution in [0.5, 0.6) is 11.5 Å². The van der Waals surface area contributed by atoms with Crippen molar-refractivity contribution < 1.29 is 14.3 Å². The molecule has 0 aliphatic rings. The zero-order valence-electron chi connectivity index (χ0n) is 14.5. The number of rotatable bonds is 9. The van der Waals surface area contributed by atoms with Crippen molar-refractivity contribution in [2.45, 2.75) is 6.92 Å². The van der Waals surface area contributed by atoms with Gasteiger partial charge in [0.1, 0.15) is 18.1 Å². The Morgan fingerprint density at radius 3 is 2.56 bits per heavy atom. The number of methoxy groups -OCH3 is 1. The summed E-state index contributed by atoms with van der Waals surface area (Å²) in [6.45, 7) is 4.20. The quantitative estimate of drug-likeness (QED) is 0.739. The fourth-order valence-electron chi connectivity index (χ4n) is 2.31. The molecule has 6 heteroatoms. The molecule has 5 nitrogen and oxygen atoms in total. The van der Waals surface area contributed by atoms with E-state index in [-0.39, 0.29) is 5.91 Å². The Hall–Kier alpha value is -2.24. The first kappa shape index (κ1) is 19.1. The van der Waals surface area contributed by atoms with Gasteiger partial charge in [-0.05, 0) is 42.9 Å². The minimum atomic E-state index is -0.0853. The molecule has 0 aliphatic carbocycles. The van der Waals surface area contributed by atoms with E-state index in [1.54, 1.807) is 19.2 Å². The number of carbonyl (C=O) groups is 1. The van der Waals surface area contributed by atoms with Crippen molar-refractivity contribution in [1.82, 2.24) is 4.90 Å². The molecule has 0 aliphatic heterocycles. The van der Waals surface area contributed by atoms with E-state index in [0.29, 0.717) is 36.2 Å². The summed E-state index contributed by atoms with van der Waals surface area (Å²) >= 11 is 5.85. The van der Waals surface area contributed by atoms with Crippen molar-refractivity contribution in [3.8, 4) is 11.5 Å². The molecule has 0 unspecified atom stereocenters. The van der Waals surface area contributed by atoms with Gasteiger partial charge in [0.25, 0.3) is 0 Å². The van der Waals surface area contributed by atoms with Gasteiger partial charge in [0.15, 0.2) is 0 Å². The van der Waals surface area contributed by atoms with Gasteiger partial charge in [-0.3, -0.25) is 9.69 Å². The maximum absolute atomic E-state index is 12.3. The van der Waals surface area contributed by atoms with Gasteiger partial charge >= 0.3 is 0 Å². The third-order valence-electron chi connectivity index (χ3n) is 3.69. The number of anilines is 1. The zero-order valence-corrected chi connectivity index (χ0v) is 15.3. The predicted octanol–water partition coefficient (Wildman–Crippen LogP) is 3.69. The summed E-state index contributed by atoms with van der Waals surface area (Å²) in [5, 5.41) is 3.56. The van der Waals surface area contributed by atoms with E-state index in [0.717, 1.165) is 12.3 Å². The molecule has 0 aromatic heterocycles. The van der Waals surface area contributed by atoms with Crippen LogP contribution >= 0.6 is 11.6 Å². The molecule has 0 heterocycles. The monoisotopic (exact) mass is 362 g/mol. The van der Waals surface area contributed by atoms with E-state index in [1.165, 1.54) is 0 Å². The highest BCUT2D eigenvalue weighted by Crippen LogP contribution is 2.22. The van der Waals surface area contributed by atoms with Crippen LogP contribution in [0, 0.1) is 0 Å². The average Bonchev–Trinajstić information content (AvgIpc) is 2.63. The van der Waals surface area contributed by atoms with Gasteiger partial charge in [0.05, 0.1) is 19.3 Å². The summed E-state index contributed by atoms with van der Waals surface area (Å²) in [6, 6.07) is 14.6. The Balaban J connectivity index is 1.80. The molecule has 0 fully saturated rings. The Labute approximate surface area is 153 Å². The number of benzene rings is 2. The number of nitrogens with zero attached hydrogens (tertiary/aromatic N) is 1. The summed E-state index contributed by atoms with van der Waals surface area (Å²) in [5.41, 5.74) is 0.670. The van der Waals surface area contributed by atoms with Crippen molar-refractivity contribution >= 4 is 23.2 Å². The number of hydrogen-bond donors (Lipinski definition) is 1. The van der Waals surface area contributed by atoms with Crippen molar-refractivity contribution in [3.05, 3.63) is 53.6 Å². The van der Waals surface area contributed by atoms with Crippen molar-refractivity contribution in [2.24, 2.45) is 0 Å². The molecule has 25 heavy (non-hydrogen) atoms. The lowest BCUT2D eigenvalue weighted by Gasteiger charge is -2.20. The number of ether oxygens (including phenoxy) is 2. The zero-order chi connectivity index (χ0) is 18.1. The minimum Gasteiger partial charge on any atom is -0.495 e. The lowest BCUT2D eigenvalue weighted by Crippen LogP contribution is -2.36. The second-order valence-electron chi connectivity index (χ2n) is 5.42. The molecule has 0 atom stereocenters. The van der Waals surface area contributed by atoms with Crippen molar-refractivity contribution in [3.63, 3.8) is 0 Å². The number of likely N-dealkylation sites (N-methyl/N-ethyl adjacent to an activating group) is 1. The SMILES string of the molecule is CCN(CCOc1ccc(Cl)cc1)CC(=O)Nc1ccccc1OC. The van der Waals surface area contributed by atoms with Gasteiger partial charge in [-0.25, -0.2) is 0 Å². The van der Waals surface area contributed by atoms with Crippen LogP contribution in [-0.2, 0) is 4.79 Å². The van der Waals surface area contributed by atoms with Gasteiger partial charge in [-0.1, -0.05) is 30.7 Å². The Morgan fingerprint density at radius 2 is 1.88 bits per heavy atom. The number of carbonyl (C=O) groups excluding carboxylic acids is 1. The molecule has 2 aromatic carbocycles. The third-order valence-corrected chi connectivity index (χ3v) is 3.94. The van der Waals surface area contributed by atoms with Gasteiger partial charge in [-0.2, -0.15) is 0 Å². The lowest BCUT2D eigenvalue weighted by molar-refractivity contribution is -0.117. The first-order valence-corrected chi connectivity index (χ1v) is 8.53. The van der Waals surface area contributed by atoms with E-state index in [1.807, 2.05) is 48.2 Å². The van der Waals surface area contributed by atoms with Gasteiger partial charge in [-0.15, -0.1) is 0 Å². The normalized spacial score (nSPS) is 10.6. The topological polar surface area (TPSA) is 50.8 Å². The second kappa shape index (κ2) is 9.91. The predicted molar refractivity (Wildman–Crippen MR) is 101 cm³/mol. The molecule has 0 radical (unpaired) electrons. The molecule has 0 bridgehead atoms. The summed E-state index contributed by atoms with van der Waals surface area (Å²) < 4.78 is 10.9. The summed E-state index contributed by atoms with van der Waals surface area (Å²) in [6.07, 6.45) is 0. The van der Waals surface area contributed by atoms with Crippen LogP contribution in [0.25, 0.3) is 0 Å². The smallest absolute Gasteiger partial charge is 0.238 e. The molecule has 2 rings (SSSR count). The number of nitrogens with one attached hydrogen (secondary N) is 1. The minimum absolute atomic E-state index is 0.0853. The molecular weight excluding hydrogens is 340 g/mol. The summed E-state index contributed by atoms with van der Waals surface area (Å²) in [4.78, 5) is 14.3. The fraction of sp³-hybridized carbons (Fsp3) is 0.316. The van der Waals surface area contributed by atoms with Crippen LogP contribution < -0.4 is 14.8 Å². The molecular formula is C19H23ClN2O3. The Kier molecular flexibility index (Phi) is 7.57. The molecule has 1 amide bonds. The van der Waals surface area contributed by atoms with Gasteiger partial charge < -0.3 is 14.8 Å². The molecule has 0 spiro atoms. The summed E-state index contributed by atoms with van der Waals surface area (Å²) in [5.74, 6) is 1.32. The highest BCUT2D eigenvalue weighted by Gasteiger charge is 2.11. The summed E-state index contributed by atoms with van der Waals surface area (Å²) in [7, 11) is 1.58. The number of amides is 1. The average molecular weight is 363 g/mol. The molecule has 0 saturated heterocycles. The van der Waals surface area contributed by atoms with Crippen molar-refractivity contribution in [1.29, 1.82) is 0 Å². The van der Waals surface area contributed by atoms with Crippen LogP contribution in [0.4, 0.5) is 5.69 Å². The standard InChI is InChI=1S/C19H23ClN2O3/c1-3-22(12-13-25-16-10-8-15(20)9-11-16)14-19(23)21-17-6-4-5-7-18(17)24-2/h4-11H,3,12-14H2,1-2H3,(H,21,23). The van der Waals surface area contributed by atoms with E-state index in [9.17, 15) is 4.79 Å².